The second-order valence-electron chi connectivity index (χ2n) is 4.67. The number of nitro groups is 1. The molecule has 0 unspecified atom stereocenters. The number of nitrogens with zero attached hydrogens (tertiary/aromatic N) is 1. The van der Waals surface area contributed by atoms with E-state index in [1.165, 1.54) is 31.4 Å². The van der Waals surface area contributed by atoms with Crippen molar-refractivity contribution in [3.63, 3.8) is 0 Å². The van der Waals surface area contributed by atoms with Crippen molar-refractivity contribution in [2.24, 2.45) is 0 Å². The zero-order valence-corrected chi connectivity index (χ0v) is 12.5. The van der Waals surface area contributed by atoms with Crippen LogP contribution < -0.4 is 5.32 Å². The molecule has 130 valence electrons. The average molecular weight is 354 g/mol. The molecule has 0 aliphatic rings. The Morgan fingerprint density at radius 1 is 1.08 bits per heavy atom. The van der Waals surface area contributed by atoms with E-state index in [9.17, 15) is 32.9 Å². The van der Waals surface area contributed by atoms with Gasteiger partial charge >= 0.3 is 11.7 Å². The molecular formula is C15H9F3N2O5. The molecule has 0 fully saturated rings. The van der Waals surface area contributed by atoms with Crippen LogP contribution in [0.1, 0.15) is 20.7 Å². The van der Waals surface area contributed by atoms with Crippen molar-refractivity contribution in [3.8, 4) is 0 Å². The van der Waals surface area contributed by atoms with Gasteiger partial charge in [-0.25, -0.2) is 13.6 Å². The van der Waals surface area contributed by atoms with Crippen LogP contribution in [0.2, 0.25) is 0 Å². The highest BCUT2D eigenvalue weighted by molar-refractivity contribution is 6.05. The summed E-state index contributed by atoms with van der Waals surface area (Å²) in [5.74, 6) is -7.83. The van der Waals surface area contributed by atoms with Gasteiger partial charge in [0, 0.05) is 11.8 Å². The maximum Gasteiger partial charge on any atom is 0.337 e. The number of carbonyl (C=O) groups excluding carboxylic acids is 2. The molecule has 0 aliphatic carbocycles. The number of rotatable bonds is 4. The third kappa shape index (κ3) is 3.57. The summed E-state index contributed by atoms with van der Waals surface area (Å²) in [6.07, 6.45) is 0. The smallest absolute Gasteiger partial charge is 0.337 e. The number of ether oxygens (including phenoxy) is 1. The standard InChI is InChI=1S/C15H9F3N2O5/c1-25-15(22)7-2-4-8(5-3-7)19-14(21)9-6-10(20(23)24)12(17)13(18)11(9)16/h2-6H,1H3,(H,19,21). The maximum atomic E-state index is 13.7. The van der Waals surface area contributed by atoms with Gasteiger partial charge in [0.2, 0.25) is 11.6 Å². The summed E-state index contributed by atoms with van der Waals surface area (Å²) in [5, 5.41) is 12.8. The first-order valence-electron chi connectivity index (χ1n) is 6.58. The Balaban J connectivity index is 2.32. The highest BCUT2D eigenvalue weighted by Crippen LogP contribution is 2.26. The lowest BCUT2D eigenvalue weighted by molar-refractivity contribution is -0.387. The van der Waals surface area contributed by atoms with E-state index < -0.39 is 45.5 Å². The van der Waals surface area contributed by atoms with E-state index in [0.29, 0.717) is 6.07 Å². The molecule has 0 heterocycles. The van der Waals surface area contributed by atoms with Gasteiger partial charge in [-0.05, 0) is 24.3 Å². The molecule has 0 spiro atoms. The van der Waals surface area contributed by atoms with E-state index >= 15 is 0 Å². The number of hydrogen-bond donors (Lipinski definition) is 1. The van der Waals surface area contributed by atoms with Gasteiger partial charge in [0.1, 0.15) is 0 Å². The van der Waals surface area contributed by atoms with Gasteiger partial charge in [0.05, 0.1) is 23.2 Å². The van der Waals surface area contributed by atoms with Crippen LogP contribution in [0, 0.1) is 27.6 Å². The first-order chi connectivity index (χ1) is 11.8. The van der Waals surface area contributed by atoms with E-state index in [4.69, 9.17) is 0 Å². The summed E-state index contributed by atoms with van der Waals surface area (Å²) in [4.78, 5) is 32.6. The minimum Gasteiger partial charge on any atom is -0.465 e. The van der Waals surface area contributed by atoms with Crippen molar-refractivity contribution >= 4 is 23.3 Å². The minimum atomic E-state index is -2.12. The van der Waals surface area contributed by atoms with Gasteiger partial charge < -0.3 is 10.1 Å². The first kappa shape index (κ1) is 17.9. The Morgan fingerprint density at radius 2 is 1.68 bits per heavy atom. The van der Waals surface area contributed by atoms with Crippen LogP contribution >= 0.6 is 0 Å². The Morgan fingerprint density at radius 3 is 2.20 bits per heavy atom. The lowest BCUT2D eigenvalue weighted by Gasteiger charge is -2.08. The average Bonchev–Trinajstić information content (AvgIpc) is 2.59. The Bertz CT molecular complexity index is 868. The number of hydrogen-bond acceptors (Lipinski definition) is 5. The number of amides is 1. The number of esters is 1. The van der Waals surface area contributed by atoms with Crippen LogP contribution in [-0.4, -0.2) is 23.9 Å². The van der Waals surface area contributed by atoms with Crippen LogP contribution in [0.3, 0.4) is 0 Å². The molecule has 0 atom stereocenters. The third-order valence-corrected chi connectivity index (χ3v) is 3.13. The monoisotopic (exact) mass is 354 g/mol. The summed E-state index contributed by atoms with van der Waals surface area (Å²) in [5.41, 5.74) is -2.15. The van der Waals surface area contributed by atoms with Crippen LogP contribution in [0.5, 0.6) is 0 Å². The second-order valence-corrected chi connectivity index (χ2v) is 4.67. The first-order valence-corrected chi connectivity index (χ1v) is 6.58. The lowest BCUT2D eigenvalue weighted by Crippen LogP contribution is -2.16. The number of methoxy groups -OCH3 is 1. The molecule has 1 amide bonds. The number of benzene rings is 2. The van der Waals surface area contributed by atoms with Gasteiger partial charge in [-0.1, -0.05) is 0 Å². The van der Waals surface area contributed by atoms with Gasteiger partial charge in [0.25, 0.3) is 5.91 Å². The Labute approximate surface area is 138 Å². The summed E-state index contributed by atoms with van der Waals surface area (Å²) in [7, 11) is 1.18. The lowest BCUT2D eigenvalue weighted by atomic mass is 10.1. The molecule has 0 saturated carbocycles. The zero-order chi connectivity index (χ0) is 18.7. The van der Waals surface area contributed by atoms with Crippen molar-refractivity contribution in [3.05, 3.63) is 69.0 Å². The number of halogens is 3. The van der Waals surface area contributed by atoms with Crippen molar-refractivity contribution in [1.82, 2.24) is 0 Å². The quantitative estimate of drug-likeness (QED) is 0.394. The van der Waals surface area contributed by atoms with Crippen molar-refractivity contribution in [2.75, 3.05) is 12.4 Å². The minimum absolute atomic E-state index is 0.0874. The fraction of sp³-hybridized carbons (Fsp3) is 0.0667. The molecule has 0 aliphatic heterocycles. The van der Waals surface area contributed by atoms with Crippen molar-refractivity contribution < 1.29 is 32.4 Å². The van der Waals surface area contributed by atoms with Gasteiger partial charge in [0.15, 0.2) is 5.82 Å². The Hall–Kier alpha value is -3.43. The molecule has 2 aromatic carbocycles. The number of nitrogens with one attached hydrogen (secondary N) is 1. The van der Waals surface area contributed by atoms with Crippen LogP contribution in [0.15, 0.2) is 30.3 Å². The van der Waals surface area contributed by atoms with Crippen LogP contribution in [-0.2, 0) is 4.74 Å². The predicted molar refractivity (Wildman–Crippen MR) is 78.7 cm³/mol. The molecule has 10 heteroatoms. The zero-order valence-electron chi connectivity index (χ0n) is 12.5. The van der Waals surface area contributed by atoms with E-state index in [-0.39, 0.29) is 11.3 Å². The highest BCUT2D eigenvalue weighted by Gasteiger charge is 2.28. The number of nitro benzene ring substituents is 1. The molecule has 0 saturated heterocycles. The molecule has 0 aromatic heterocycles. The molecular weight excluding hydrogens is 345 g/mol. The third-order valence-electron chi connectivity index (χ3n) is 3.13. The van der Waals surface area contributed by atoms with Crippen LogP contribution in [0.4, 0.5) is 24.5 Å². The summed E-state index contributed by atoms with van der Waals surface area (Å²) >= 11 is 0. The molecule has 7 nitrogen and oxygen atoms in total. The summed E-state index contributed by atoms with van der Waals surface area (Å²) in [6.45, 7) is 0. The number of carbonyl (C=O) groups is 2. The van der Waals surface area contributed by atoms with Gasteiger partial charge in [-0.2, -0.15) is 4.39 Å². The molecule has 0 bridgehead atoms. The van der Waals surface area contributed by atoms with Crippen molar-refractivity contribution in [1.29, 1.82) is 0 Å². The predicted octanol–water partition coefficient (Wildman–Crippen LogP) is 3.05. The van der Waals surface area contributed by atoms with E-state index in [2.05, 4.69) is 10.1 Å². The highest BCUT2D eigenvalue weighted by atomic mass is 19.2. The largest absolute Gasteiger partial charge is 0.465 e. The number of anilines is 1. The van der Waals surface area contributed by atoms with Crippen LogP contribution in [0.25, 0.3) is 0 Å². The summed E-state index contributed by atoms with van der Waals surface area (Å²) < 4.78 is 44.9. The molecule has 2 aromatic rings. The summed E-state index contributed by atoms with van der Waals surface area (Å²) in [6, 6.07) is 5.44. The molecule has 0 radical (unpaired) electrons. The molecule has 1 N–H and O–H groups in total. The topological polar surface area (TPSA) is 98.5 Å². The van der Waals surface area contributed by atoms with E-state index in [0.717, 1.165) is 0 Å². The van der Waals surface area contributed by atoms with E-state index in [1.807, 2.05) is 0 Å². The normalized spacial score (nSPS) is 10.2. The van der Waals surface area contributed by atoms with Gasteiger partial charge in [-0.15, -0.1) is 0 Å². The second kappa shape index (κ2) is 6.99. The molecule has 25 heavy (non-hydrogen) atoms. The maximum absolute atomic E-state index is 13.7. The molecule has 2 rings (SSSR count). The van der Waals surface area contributed by atoms with E-state index in [1.54, 1.807) is 0 Å². The van der Waals surface area contributed by atoms with Crippen molar-refractivity contribution in [2.45, 2.75) is 0 Å². The Kier molecular flexibility index (Phi) is 5.01. The fourth-order valence-corrected chi connectivity index (χ4v) is 1.89. The van der Waals surface area contributed by atoms with Gasteiger partial charge in [-0.3, -0.25) is 14.9 Å². The SMILES string of the molecule is COC(=O)c1ccc(NC(=O)c2cc([N+](=O)[O-])c(F)c(F)c2F)cc1. The fourth-order valence-electron chi connectivity index (χ4n) is 1.89.